The third kappa shape index (κ3) is 2.79. The lowest BCUT2D eigenvalue weighted by Crippen LogP contribution is -2.24. The fourth-order valence-corrected chi connectivity index (χ4v) is 2.57. The Labute approximate surface area is 147 Å². The molecule has 26 heavy (non-hydrogen) atoms. The lowest BCUT2D eigenvalue weighted by molar-refractivity contribution is 0.0946. The van der Waals surface area contributed by atoms with Gasteiger partial charge in [0.1, 0.15) is 11.5 Å². The fourth-order valence-electron chi connectivity index (χ4n) is 2.57. The summed E-state index contributed by atoms with van der Waals surface area (Å²) in [6, 6.07) is 11.3. The summed E-state index contributed by atoms with van der Waals surface area (Å²) in [5, 5.41) is 10.2. The zero-order chi connectivity index (χ0) is 18.1. The van der Waals surface area contributed by atoms with Gasteiger partial charge in [-0.2, -0.15) is 4.68 Å². The Balaban J connectivity index is 1.50. The molecule has 2 heterocycles. The molecule has 8 nitrogen and oxygen atoms in total. The number of carbonyl (C=O) groups is 1. The Bertz CT molecular complexity index is 988. The topological polar surface area (TPSA) is 104 Å². The molecule has 3 aromatic rings. The Morgan fingerprint density at radius 3 is 2.88 bits per heavy atom. The SMILES string of the molecule is Nc1c(C(=O)NCc2ccc3c(c2)OCO3)nnn1-c1ccccc1F. The van der Waals surface area contributed by atoms with Gasteiger partial charge < -0.3 is 20.5 Å². The number of hydrogen-bond acceptors (Lipinski definition) is 6. The number of fused-ring (bicyclic) bond motifs is 1. The normalized spacial score (nSPS) is 12.2. The van der Waals surface area contributed by atoms with Gasteiger partial charge in [0.15, 0.2) is 23.0 Å². The maximum atomic E-state index is 13.9. The Morgan fingerprint density at radius 2 is 2.04 bits per heavy atom. The van der Waals surface area contributed by atoms with Crippen LogP contribution < -0.4 is 20.5 Å². The van der Waals surface area contributed by atoms with Crippen molar-refractivity contribution in [2.45, 2.75) is 6.54 Å². The summed E-state index contributed by atoms with van der Waals surface area (Å²) in [7, 11) is 0. The van der Waals surface area contributed by atoms with Gasteiger partial charge in [-0.05, 0) is 29.8 Å². The first-order valence-electron chi connectivity index (χ1n) is 7.76. The molecule has 1 amide bonds. The average Bonchev–Trinajstić information content (AvgIpc) is 3.26. The maximum Gasteiger partial charge on any atom is 0.275 e. The van der Waals surface area contributed by atoms with E-state index >= 15 is 0 Å². The van der Waals surface area contributed by atoms with Crippen molar-refractivity contribution >= 4 is 11.7 Å². The van der Waals surface area contributed by atoms with E-state index in [1.54, 1.807) is 24.3 Å². The van der Waals surface area contributed by atoms with Crippen LogP contribution in [0.4, 0.5) is 10.2 Å². The van der Waals surface area contributed by atoms with Crippen molar-refractivity contribution in [1.82, 2.24) is 20.3 Å². The van der Waals surface area contributed by atoms with Crippen molar-refractivity contribution in [2.75, 3.05) is 12.5 Å². The largest absolute Gasteiger partial charge is 0.454 e. The summed E-state index contributed by atoms with van der Waals surface area (Å²) >= 11 is 0. The van der Waals surface area contributed by atoms with E-state index in [4.69, 9.17) is 15.2 Å². The first kappa shape index (κ1) is 15.9. The summed E-state index contributed by atoms with van der Waals surface area (Å²) in [5.41, 5.74) is 6.79. The Kier molecular flexibility index (Phi) is 3.88. The van der Waals surface area contributed by atoms with Crippen molar-refractivity contribution in [1.29, 1.82) is 0 Å². The third-order valence-corrected chi connectivity index (χ3v) is 3.89. The second kappa shape index (κ2) is 6.36. The summed E-state index contributed by atoms with van der Waals surface area (Å²) < 4.78 is 25.5. The van der Waals surface area contributed by atoms with Crippen LogP contribution in [0.3, 0.4) is 0 Å². The molecule has 0 radical (unpaired) electrons. The fraction of sp³-hybridized carbons (Fsp3) is 0.118. The zero-order valence-corrected chi connectivity index (χ0v) is 13.5. The molecule has 132 valence electrons. The Hall–Kier alpha value is -3.62. The van der Waals surface area contributed by atoms with Crippen LogP contribution in [0, 0.1) is 5.82 Å². The summed E-state index contributed by atoms with van der Waals surface area (Å²) in [4.78, 5) is 12.3. The number of hydrogen-bond donors (Lipinski definition) is 2. The monoisotopic (exact) mass is 355 g/mol. The van der Waals surface area contributed by atoms with Crippen LogP contribution in [0.1, 0.15) is 16.1 Å². The predicted octanol–water partition coefficient (Wildman–Crippen LogP) is 1.65. The van der Waals surface area contributed by atoms with Crippen molar-refractivity contribution in [3.63, 3.8) is 0 Å². The molecule has 0 aliphatic carbocycles. The number of rotatable bonds is 4. The second-order valence-corrected chi connectivity index (χ2v) is 5.56. The molecule has 1 aliphatic rings. The van der Waals surface area contributed by atoms with Crippen LogP contribution in [0.5, 0.6) is 11.5 Å². The predicted molar refractivity (Wildman–Crippen MR) is 89.5 cm³/mol. The van der Waals surface area contributed by atoms with Crippen LogP contribution in [-0.4, -0.2) is 27.7 Å². The smallest absolute Gasteiger partial charge is 0.275 e. The quantitative estimate of drug-likeness (QED) is 0.737. The number of nitrogens with two attached hydrogens (primary N) is 1. The lowest BCUT2D eigenvalue weighted by atomic mass is 10.2. The van der Waals surface area contributed by atoms with Crippen LogP contribution in [0.25, 0.3) is 5.69 Å². The molecular weight excluding hydrogens is 341 g/mol. The number of nitrogen functional groups attached to an aromatic ring is 1. The second-order valence-electron chi connectivity index (χ2n) is 5.56. The van der Waals surface area contributed by atoms with Gasteiger partial charge in [-0.1, -0.05) is 23.4 Å². The van der Waals surface area contributed by atoms with Crippen molar-refractivity contribution in [2.24, 2.45) is 0 Å². The van der Waals surface area contributed by atoms with Crippen molar-refractivity contribution in [3.05, 3.63) is 59.5 Å². The molecule has 1 aromatic heterocycles. The van der Waals surface area contributed by atoms with E-state index in [2.05, 4.69) is 15.6 Å². The number of anilines is 1. The molecule has 0 atom stereocenters. The van der Waals surface area contributed by atoms with Gasteiger partial charge in [0, 0.05) is 6.54 Å². The lowest BCUT2D eigenvalue weighted by Gasteiger charge is -2.06. The van der Waals surface area contributed by atoms with Gasteiger partial charge in [-0.25, -0.2) is 4.39 Å². The minimum atomic E-state index is -0.517. The van der Waals surface area contributed by atoms with Crippen LogP contribution >= 0.6 is 0 Å². The molecule has 0 bridgehead atoms. The number of aromatic nitrogens is 3. The third-order valence-electron chi connectivity index (χ3n) is 3.89. The van der Waals surface area contributed by atoms with Crippen molar-refractivity contribution in [3.8, 4) is 17.2 Å². The number of para-hydroxylation sites is 1. The number of ether oxygens (including phenoxy) is 2. The van der Waals surface area contributed by atoms with Gasteiger partial charge in [-0.3, -0.25) is 4.79 Å². The highest BCUT2D eigenvalue weighted by molar-refractivity contribution is 5.96. The van der Waals surface area contributed by atoms with E-state index in [1.165, 1.54) is 12.1 Å². The standard InChI is InChI=1S/C17H14FN5O3/c18-11-3-1-2-4-12(11)23-16(19)15(21-22-23)17(24)20-8-10-5-6-13-14(7-10)26-9-25-13/h1-7H,8-9,19H2,(H,20,24). The molecule has 3 N–H and O–H groups in total. The minimum Gasteiger partial charge on any atom is -0.454 e. The molecule has 0 spiro atoms. The summed E-state index contributed by atoms with van der Waals surface area (Å²) in [5.74, 6) is 0.219. The van der Waals surface area contributed by atoms with E-state index in [0.717, 1.165) is 10.2 Å². The van der Waals surface area contributed by atoms with Gasteiger partial charge in [-0.15, -0.1) is 5.10 Å². The van der Waals surface area contributed by atoms with Crippen molar-refractivity contribution < 1.29 is 18.7 Å². The van der Waals surface area contributed by atoms with E-state index in [-0.39, 0.29) is 30.5 Å². The van der Waals surface area contributed by atoms with E-state index in [9.17, 15) is 9.18 Å². The zero-order valence-electron chi connectivity index (χ0n) is 13.5. The molecule has 2 aromatic carbocycles. The maximum absolute atomic E-state index is 13.9. The van der Waals surface area contributed by atoms with Gasteiger partial charge in [0.2, 0.25) is 6.79 Å². The number of benzene rings is 2. The van der Waals surface area contributed by atoms with Gasteiger partial charge >= 0.3 is 0 Å². The van der Waals surface area contributed by atoms with Gasteiger partial charge in [0.05, 0.1) is 0 Å². The van der Waals surface area contributed by atoms with Crippen LogP contribution in [-0.2, 0) is 6.54 Å². The highest BCUT2D eigenvalue weighted by Gasteiger charge is 2.20. The molecule has 0 unspecified atom stereocenters. The number of halogens is 1. The number of nitrogens with zero attached hydrogens (tertiary/aromatic N) is 3. The number of amides is 1. The Morgan fingerprint density at radius 1 is 1.23 bits per heavy atom. The molecule has 9 heteroatoms. The van der Waals surface area contributed by atoms with Crippen LogP contribution in [0.2, 0.25) is 0 Å². The molecule has 4 rings (SSSR count). The van der Waals surface area contributed by atoms with Gasteiger partial charge in [0.25, 0.3) is 5.91 Å². The molecule has 0 fully saturated rings. The molecular formula is C17H14FN5O3. The molecule has 0 saturated heterocycles. The molecule has 0 saturated carbocycles. The number of carbonyl (C=O) groups excluding carboxylic acids is 1. The average molecular weight is 355 g/mol. The minimum absolute atomic E-state index is 0.0433. The summed E-state index contributed by atoms with van der Waals surface area (Å²) in [6.07, 6.45) is 0. The van der Waals surface area contributed by atoms with E-state index in [1.807, 2.05) is 6.07 Å². The number of nitrogens with one attached hydrogen (secondary N) is 1. The first-order valence-corrected chi connectivity index (χ1v) is 7.76. The highest BCUT2D eigenvalue weighted by Crippen LogP contribution is 2.32. The molecule has 1 aliphatic heterocycles. The first-order chi connectivity index (χ1) is 12.6. The van der Waals surface area contributed by atoms with Crippen LogP contribution in [0.15, 0.2) is 42.5 Å². The summed E-state index contributed by atoms with van der Waals surface area (Å²) in [6.45, 7) is 0.419. The van der Waals surface area contributed by atoms with E-state index < -0.39 is 11.7 Å². The highest BCUT2D eigenvalue weighted by atomic mass is 19.1. The van der Waals surface area contributed by atoms with E-state index in [0.29, 0.717) is 11.5 Å².